The van der Waals surface area contributed by atoms with Crippen LogP contribution >= 0.6 is 0 Å². The predicted molar refractivity (Wildman–Crippen MR) is 71.9 cm³/mol. The molecule has 1 aliphatic heterocycles. The summed E-state index contributed by atoms with van der Waals surface area (Å²) in [7, 11) is 3.99. The summed E-state index contributed by atoms with van der Waals surface area (Å²) in [6, 6.07) is 3.71. The Balaban J connectivity index is 2.10. The van der Waals surface area contributed by atoms with Crippen LogP contribution in [0.5, 0.6) is 5.75 Å². The Morgan fingerprint density at radius 2 is 2.17 bits per heavy atom. The number of carbonyl (C=O) groups excluding carboxylic acids is 1. The first-order chi connectivity index (χ1) is 8.56. The number of ether oxygens (including phenoxy) is 1. The number of nitrogen functional groups attached to an aromatic ring is 1. The summed E-state index contributed by atoms with van der Waals surface area (Å²) in [5.41, 5.74) is 8.38. The molecule has 5 nitrogen and oxygen atoms in total. The topological polar surface area (TPSA) is 67.6 Å². The Bertz CT molecular complexity index is 458. The van der Waals surface area contributed by atoms with E-state index < -0.39 is 0 Å². The molecule has 18 heavy (non-hydrogen) atoms. The summed E-state index contributed by atoms with van der Waals surface area (Å²) in [6.07, 6.45) is 1.26. The third kappa shape index (κ3) is 2.92. The monoisotopic (exact) mass is 249 g/mol. The van der Waals surface area contributed by atoms with E-state index in [2.05, 4.69) is 10.2 Å². The smallest absolute Gasteiger partial charge is 0.224 e. The summed E-state index contributed by atoms with van der Waals surface area (Å²) in [5.74, 6) is 0.745. The molecule has 0 spiro atoms. The molecule has 3 N–H and O–H groups in total. The minimum atomic E-state index is 0.0446. The van der Waals surface area contributed by atoms with Gasteiger partial charge in [0, 0.05) is 18.7 Å². The lowest BCUT2D eigenvalue weighted by molar-refractivity contribution is -0.116. The molecule has 0 saturated carbocycles. The van der Waals surface area contributed by atoms with Crippen molar-refractivity contribution in [3.63, 3.8) is 0 Å². The van der Waals surface area contributed by atoms with Crippen molar-refractivity contribution in [3.8, 4) is 5.75 Å². The van der Waals surface area contributed by atoms with E-state index in [1.165, 1.54) is 0 Å². The lowest BCUT2D eigenvalue weighted by Crippen LogP contribution is -2.21. The van der Waals surface area contributed by atoms with Crippen molar-refractivity contribution in [2.24, 2.45) is 0 Å². The van der Waals surface area contributed by atoms with E-state index in [4.69, 9.17) is 10.5 Å². The van der Waals surface area contributed by atoms with Crippen LogP contribution < -0.4 is 15.8 Å². The average Bonchev–Trinajstić information content (AvgIpc) is 2.29. The second-order valence-corrected chi connectivity index (χ2v) is 4.75. The van der Waals surface area contributed by atoms with Gasteiger partial charge in [0.1, 0.15) is 12.4 Å². The van der Waals surface area contributed by atoms with Crippen molar-refractivity contribution in [2.45, 2.75) is 12.8 Å². The van der Waals surface area contributed by atoms with Gasteiger partial charge in [0.2, 0.25) is 5.91 Å². The van der Waals surface area contributed by atoms with Gasteiger partial charge in [-0.1, -0.05) is 0 Å². The second-order valence-electron chi connectivity index (χ2n) is 4.75. The highest BCUT2D eigenvalue weighted by Crippen LogP contribution is 2.32. The Morgan fingerprint density at radius 3 is 2.89 bits per heavy atom. The number of nitrogens with one attached hydrogen (secondary N) is 1. The Morgan fingerprint density at radius 1 is 1.39 bits per heavy atom. The van der Waals surface area contributed by atoms with Crippen molar-refractivity contribution < 1.29 is 9.53 Å². The number of hydrogen-bond donors (Lipinski definition) is 2. The maximum Gasteiger partial charge on any atom is 0.224 e. The van der Waals surface area contributed by atoms with E-state index in [0.29, 0.717) is 24.5 Å². The maximum atomic E-state index is 11.3. The van der Waals surface area contributed by atoms with Crippen LogP contribution in [-0.4, -0.2) is 38.1 Å². The Labute approximate surface area is 107 Å². The predicted octanol–water partition coefficient (Wildman–Crippen LogP) is 1.09. The summed E-state index contributed by atoms with van der Waals surface area (Å²) < 4.78 is 5.66. The SMILES string of the molecule is CN(C)CCOc1cc2c(cc1N)NC(=O)CC2. The summed E-state index contributed by atoms with van der Waals surface area (Å²) in [6.45, 7) is 1.44. The Kier molecular flexibility index (Phi) is 3.72. The van der Waals surface area contributed by atoms with Crippen LogP contribution in [0.25, 0.3) is 0 Å². The average molecular weight is 249 g/mol. The zero-order valence-electron chi connectivity index (χ0n) is 10.8. The number of likely N-dealkylation sites (N-methyl/N-ethyl adjacent to an activating group) is 1. The summed E-state index contributed by atoms with van der Waals surface area (Å²) in [5, 5.41) is 2.82. The molecule has 1 aliphatic rings. The molecular formula is C13H19N3O2. The lowest BCUT2D eigenvalue weighted by Gasteiger charge is -2.19. The zero-order valence-corrected chi connectivity index (χ0v) is 10.8. The number of aryl methyl sites for hydroxylation is 1. The van der Waals surface area contributed by atoms with E-state index in [1.54, 1.807) is 6.07 Å². The molecule has 0 unspecified atom stereocenters. The fourth-order valence-electron chi connectivity index (χ4n) is 1.89. The van der Waals surface area contributed by atoms with E-state index in [9.17, 15) is 4.79 Å². The van der Waals surface area contributed by atoms with Gasteiger partial charge in [0.05, 0.1) is 5.69 Å². The molecule has 0 aromatic heterocycles. The number of amides is 1. The number of carbonyl (C=O) groups is 1. The molecule has 1 aromatic carbocycles. The van der Waals surface area contributed by atoms with Gasteiger partial charge in [0.15, 0.2) is 0 Å². The number of hydrogen-bond acceptors (Lipinski definition) is 4. The van der Waals surface area contributed by atoms with Crippen LogP contribution in [0.4, 0.5) is 11.4 Å². The van der Waals surface area contributed by atoms with Crippen LogP contribution in [0, 0.1) is 0 Å². The van der Waals surface area contributed by atoms with Gasteiger partial charge in [-0.15, -0.1) is 0 Å². The number of rotatable bonds is 4. The lowest BCUT2D eigenvalue weighted by atomic mass is 10.0. The quantitative estimate of drug-likeness (QED) is 0.784. The van der Waals surface area contributed by atoms with Gasteiger partial charge < -0.3 is 20.7 Å². The van der Waals surface area contributed by atoms with Crippen molar-refractivity contribution in [3.05, 3.63) is 17.7 Å². The van der Waals surface area contributed by atoms with Crippen LogP contribution in [0.3, 0.4) is 0 Å². The van der Waals surface area contributed by atoms with Gasteiger partial charge in [0.25, 0.3) is 0 Å². The van der Waals surface area contributed by atoms with Gasteiger partial charge in [-0.2, -0.15) is 0 Å². The van der Waals surface area contributed by atoms with Crippen LogP contribution in [-0.2, 0) is 11.2 Å². The molecule has 0 fully saturated rings. The summed E-state index contributed by atoms with van der Waals surface area (Å²) >= 11 is 0. The molecule has 0 saturated heterocycles. The van der Waals surface area contributed by atoms with E-state index in [1.807, 2.05) is 20.2 Å². The first-order valence-corrected chi connectivity index (χ1v) is 6.06. The van der Waals surface area contributed by atoms with E-state index >= 15 is 0 Å². The first kappa shape index (κ1) is 12.7. The van der Waals surface area contributed by atoms with Gasteiger partial charge >= 0.3 is 0 Å². The third-order valence-electron chi connectivity index (χ3n) is 2.93. The molecule has 0 radical (unpaired) electrons. The molecule has 1 heterocycles. The fourth-order valence-corrected chi connectivity index (χ4v) is 1.89. The first-order valence-electron chi connectivity index (χ1n) is 6.06. The fraction of sp³-hybridized carbons (Fsp3) is 0.462. The maximum absolute atomic E-state index is 11.3. The van der Waals surface area contributed by atoms with Crippen molar-refractivity contribution >= 4 is 17.3 Å². The number of fused-ring (bicyclic) bond motifs is 1. The Hall–Kier alpha value is -1.75. The van der Waals surface area contributed by atoms with Crippen molar-refractivity contribution in [1.29, 1.82) is 0 Å². The number of benzene rings is 1. The normalized spacial score (nSPS) is 14.3. The van der Waals surface area contributed by atoms with Gasteiger partial charge in [-0.3, -0.25) is 4.79 Å². The summed E-state index contributed by atoms with van der Waals surface area (Å²) in [4.78, 5) is 13.3. The molecule has 98 valence electrons. The number of anilines is 2. The minimum Gasteiger partial charge on any atom is -0.490 e. The van der Waals surface area contributed by atoms with E-state index in [-0.39, 0.29) is 5.91 Å². The zero-order chi connectivity index (χ0) is 13.1. The van der Waals surface area contributed by atoms with E-state index in [0.717, 1.165) is 24.2 Å². The standard InChI is InChI=1S/C13H19N3O2/c1-16(2)5-6-18-12-7-9-3-4-13(17)15-11(9)8-10(12)14/h7-8H,3-6,14H2,1-2H3,(H,15,17). The molecule has 0 bridgehead atoms. The third-order valence-corrected chi connectivity index (χ3v) is 2.93. The highest BCUT2D eigenvalue weighted by Gasteiger charge is 2.17. The second kappa shape index (κ2) is 5.27. The minimum absolute atomic E-state index is 0.0446. The van der Waals surface area contributed by atoms with Crippen molar-refractivity contribution in [1.82, 2.24) is 4.90 Å². The molecule has 5 heteroatoms. The molecule has 0 aliphatic carbocycles. The van der Waals surface area contributed by atoms with Gasteiger partial charge in [-0.25, -0.2) is 0 Å². The number of nitrogens with zero attached hydrogens (tertiary/aromatic N) is 1. The van der Waals surface area contributed by atoms with Gasteiger partial charge in [-0.05, 0) is 38.2 Å². The molecular weight excluding hydrogens is 230 g/mol. The highest BCUT2D eigenvalue weighted by atomic mass is 16.5. The van der Waals surface area contributed by atoms with Crippen LogP contribution in [0.1, 0.15) is 12.0 Å². The number of nitrogens with two attached hydrogens (primary N) is 1. The van der Waals surface area contributed by atoms with Crippen LogP contribution in [0.2, 0.25) is 0 Å². The molecule has 1 amide bonds. The molecule has 0 atom stereocenters. The van der Waals surface area contributed by atoms with Crippen molar-refractivity contribution in [2.75, 3.05) is 38.3 Å². The molecule has 1 aromatic rings. The largest absolute Gasteiger partial charge is 0.490 e. The molecule has 2 rings (SSSR count). The van der Waals surface area contributed by atoms with Crippen LogP contribution in [0.15, 0.2) is 12.1 Å². The highest BCUT2D eigenvalue weighted by molar-refractivity contribution is 5.94.